The third-order valence-electron chi connectivity index (χ3n) is 6.20. The molecule has 1 saturated heterocycles. The molecule has 1 aliphatic rings. The molecule has 178 valence electrons. The maximum absolute atomic E-state index is 13.3. The molecule has 0 radical (unpaired) electrons. The zero-order valence-electron chi connectivity index (χ0n) is 20.2. The number of hydrogen-bond donors (Lipinski definition) is 2. The Kier molecular flexibility index (Phi) is 6.77. The fourth-order valence-corrected chi connectivity index (χ4v) is 4.54. The van der Waals surface area contributed by atoms with Crippen LogP contribution in [0.3, 0.4) is 0 Å². The molecule has 4 rings (SSSR count). The summed E-state index contributed by atoms with van der Waals surface area (Å²) >= 11 is 0. The number of aromatic nitrogens is 1. The number of fused-ring (bicyclic) bond motifs is 1. The van der Waals surface area contributed by atoms with Gasteiger partial charge in [-0.3, -0.25) is 9.59 Å². The van der Waals surface area contributed by atoms with Gasteiger partial charge in [0, 0.05) is 34.3 Å². The van der Waals surface area contributed by atoms with Crippen LogP contribution in [0.4, 0.5) is 0 Å². The molecule has 1 fully saturated rings. The van der Waals surface area contributed by atoms with E-state index in [4.69, 9.17) is 4.74 Å². The lowest BCUT2D eigenvalue weighted by molar-refractivity contribution is -0.139. The topological polar surface area (TPSA) is 82.6 Å². The lowest BCUT2D eigenvalue weighted by atomic mass is 9.93. The van der Waals surface area contributed by atoms with E-state index in [-0.39, 0.29) is 11.3 Å². The number of Topliss-reactive ketones (excluding diaryl/α,β-unsaturated/α-hetero) is 1. The molecular weight excluding hydrogens is 428 g/mol. The van der Waals surface area contributed by atoms with Crippen LogP contribution in [0.15, 0.2) is 54.1 Å². The van der Waals surface area contributed by atoms with Gasteiger partial charge in [-0.15, -0.1) is 0 Å². The molecule has 1 aromatic heterocycles. The summed E-state index contributed by atoms with van der Waals surface area (Å²) in [6.45, 7) is 9.09. The van der Waals surface area contributed by atoms with Gasteiger partial charge in [-0.25, -0.2) is 0 Å². The smallest absolute Gasteiger partial charge is 0.295 e. The number of nitrogens with zero attached hydrogens (tertiary/aromatic N) is 1. The van der Waals surface area contributed by atoms with Crippen molar-refractivity contribution in [1.29, 1.82) is 0 Å². The van der Waals surface area contributed by atoms with Gasteiger partial charge in [0.2, 0.25) is 0 Å². The Bertz CT molecular complexity index is 1250. The molecule has 0 saturated carbocycles. The van der Waals surface area contributed by atoms with Crippen molar-refractivity contribution in [2.45, 2.75) is 46.6 Å². The number of unbranched alkanes of at least 4 members (excludes halogenated alkanes) is 1. The van der Waals surface area contributed by atoms with Crippen LogP contribution in [-0.2, 0) is 9.59 Å². The Morgan fingerprint density at radius 3 is 2.65 bits per heavy atom. The van der Waals surface area contributed by atoms with Gasteiger partial charge >= 0.3 is 0 Å². The number of ether oxygens (including phenoxy) is 1. The van der Waals surface area contributed by atoms with Crippen LogP contribution >= 0.6 is 0 Å². The van der Waals surface area contributed by atoms with E-state index in [2.05, 4.69) is 18.8 Å². The minimum atomic E-state index is -0.664. The van der Waals surface area contributed by atoms with Gasteiger partial charge in [0.05, 0.1) is 18.2 Å². The van der Waals surface area contributed by atoms with Crippen molar-refractivity contribution in [3.63, 3.8) is 0 Å². The number of rotatable bonds is 8. The maximum Gasteiger partial charge on any atom is 0.295 e. The first-order valence-corrected chi connectivity index (χ1v) is 11.9. The molecule has 34 heavy (non-hydrogen) atoms. The minimum Gasteiger partial charge on any atom is -0.507 e. The van der Waals surface area contributed by atoms with Crippen LogP contribution in [0.25, 0.3) is 16.7 Å². The molecule has 0 spiro atoms. The standard InChI is InChI=1S/C28H32N2O4/c1-5-6-14-30-25(23-18(4)29-22-13-8-7-12-21(22)23)24(27(32)28(30)33)26(31)19-10-9-11-20(15-19)34-16-17(2)3/h7-13,15,17,25,29,31H,5-6,14,16H2,1-4H3/b26-24+. The van der Waals surface area contributed by atoms with E-state index in [0.29, 0.717) is 30.4 Å². The van der Waals surface area contributed by atoms with Gasteiger partial charge in [-0.05, 0) is 37.5 Å². The second-order valence-electron chi connectivity index (χ2n) is 9.29. The Hall–Kier alpha value is -3.54. The predicted molar refractivity (Wildman–Crippen MR) is 134 cm³/mol. The van der Waals surface area contributed by atoms with Crippen LogP contribution < -0.4 is 4.74 Å². The quantitative estimate of drug-likeness (QED) is 0.255. The van der Waals surface area contributed by atoms with Crippen molar-refractivity contribution in [3.05, 3.63) is 70.9 Å². The third-order valence-corrected chi connectivity index (χ3v) is 6.20. The van der Waals surface area contributed by atoms with Gasteiger partial charge in [0.25, 0.3) is 11.7 Å². The number of ketones is 1. The number of carbonyl (C=O) groups excluding carboxylic acids is 2. The van der Waals surface area contributed by atoms with Crippen molar-refractivity contribution < 1.29 is 19.4 Å². The summed E-state index contributed by atoms with van der Waals surface area (Å²) in [7, 11) is 0. The number of amides is 1. The van der Waals surface area contributed by atoms with Crippen LogP contribution in [0.2, 0.25) is 0 Å². The summed E-state index contributed by atoms with van der Waals surface area (Å²) in [5.41, 5.74) is 3.22. The second-order valence-corrected chi connectivity index (χ2v) is 9.29. The van der Waals surface area contributed by atoms with E-state index in [9.17, 15) is 14.7 Å². The minimum absolute atomic E-state index is 0.120. The Morgan fingerprint density at radius 1 is 1.15 bits per heavy atom. The second kappa shape index (κ2) is 9.75. The number of likely N-dealkylation sites (tertiary alicyclic amines) is 1. The van der Waals surface area contributed by atoms with Crippen molar-refractivity contribution >= 4 is 28.4 Å². The number of aryl methyl sites for hydroxylation is 1. The Morgan fingerprint density at radius 2 is 1.91 bits per heavy atom. The average molecular weight is 461 g/mol. The van der Waals surface area contributed by atoms with E-state index in [1.54, 1.807) is 23.1 Å². The molecule has 2 aromatic carbocycles. The van der Waals surface area contributed by atoms with Crippen LogP contribution in [0.5, 0.6) is 5.75 Å². The SMILES string of the molecule is CCCCN1C(=O)C(=O)/C(=C(/O)c2cccc(OCC(C)C)c2)C1c1c(C)[nH]c2ccccc12. The number of aliphatic hydroxyl groups is 1. The Labute approximate surface area is 200 Å². The zero-order chi connectivity index (χ0) is 24.4. The summed E-state index contributed by atoms with van der Waals surface area (Å²) < 4.78 is 5.82. The fourth-order valence-electron chi connectivity index (χ4n) is 4.54. The van der Waals surface area contributed by atoms with E-state index in [1.807, 2.05) is 44.2 Å². The number of H-pyrrole nitrogens is 1. The highest BCUT2D eigenvalue weighted by Crippen LogP contribution is 2.43. The number of aliphatic hydroxyl groups excluding tert-OH is 1. The average Bonchev–Trinajstić information content (AvgIpc) is 3.28. The zero-order valence-corrected chi connectivity index (χ0v) is 20.2. The van der Waals surface area contributed by atoms with Crippen LogP contribution in [0.1, 0.15) is 56.5 Å². The molecule has 6 heteroatoms. The number of hydrogen-bond acceptors (Lipinski definition) is 4. The summed E-state index contributed by atoms with van der Waals surface area (Å²) in [4.78, 5) is 31.4. The van der Waals surface area contributed by atoms with E-state index < -0.39 is 17.7 Å². The van der Waals surface area contributed by atoms with E-state index in [1.165, 1.54) is 0 Å². The summed E-state index contributed by atoms with van der Waals surface area (Å²) in [6.07, 6.45) is 1.65. The maximum atomic E-state index is 13.3. The number of para-hydroxylation sites is 1. The van der Waals surface area contributed by atoms with E-state index in [0.717, 1.165) is 35.0 Å². The number of carbonyl (C=O) groups is 2. The first kappa shape index (κ1) is 23.6. The van der Waals surface area contributed by atoms with Gasteiger partial charge in [-0.1, -0.05) is 57.5 Å². The third kappa shape index (κ3) is 4.32. The van der Waals surface area contributed by atoms with Gasteiger partial charge < -0.3 is 19.7 Å². The molecule has 1 amide bonds. The highest BCUT2D eigenvalue weighted by atomic mass is 16.5. The summed E-state index contributed by atoms with van der Waals surface area (Å²) in [6, 6.07) is 14.2. The summed E-state index contributed by atoms with van der Waals surface area (Å²) in [5, 5.41) is 12.3. The van der Waals surface area contributed by atoms with E-state index >= 15 is 0 Å². The molecule has 0 aliphatic carbocycles. The molecule has 0 bridgehead atoms. The predicted octanol–water partition coefficient (Wildman–Crippen LogP) is 5.73. The lowest BCUT2D eigenvalue weighted by Crippen LogP contribution is -2.30. The molecule has 2 N–H and O–H groups in total. The van der Waals surface area contributed by atoms with Crippen molar-refractivity contribution in [3.8, 4) is 5.75 Å². The molecule has 3 aromatic rings. The summed E-state index contributed by atoms with van der Waals surface area (Å²) in [5.74, 6) is -0.445. The normalized spacial score (nSPS) is 17.8. The Balaban J connectivity index is 1.88. The molecule has 6 nitrogen and oxygen atoms in total. The largest absolute Gasteiger partial charge is 0.507 e. The molecular formula is C28H32N2O4. The molecule has 1 atom stereocenters. The highest BCUT2D eigenvalue weighted by Gasteiger charge is 2.47. The number of aromatic amines is 1. The first-order valence-electron chi connectivity index (χ1n) is 11.9. The number of nitrogens with one attached hydrogen (secondary N) is 1. The van der Waals surface area contributed by atoms with Gasteiger partial charge in [0.15, 0.2) is 0 Å². The van der Waals surface area contributed by atoms with Crippen molar-refractivity contribution in [1.82, 2.24) is 9.88 Å². The fraction of sp³-hybridized carbons (Fsp3) is 0.357. The van der Waals surface area contributed by atoms with Gasteiger partial charge in [0.1, 0.15) is 11.5 Å². The van der Waals surface area contributed by atoms with Gasteiger partial charge in [-0.2, -0.15) is 0 Å². The highest BCUT2D eigenvalue weighted by molar-refractivity contribution is 6.46. The molecule has 1 unspecified atom stereocenters. The monoisotopic (exact) mass is 460 g/mol. The van der Waals surface area contributed by atoms with Crippen molar-refractivity contribution in [2.75, 3.05) is 13.2 Å². The van der Waals surface area contributed by atoms with Crippen LogP contribution in [0, 0.1) is 12.8 Å². The molecule has 2 heterocycles. The lowest BCUT2D eigenvalue weighted by Gasteiger charge is -2.25. The molecule has 1 aliphatic heterocycles. The van der Waals surface area contributed by atoms with Crippen molar-refractivity contribution in [2.24, 2.45) is 5.92 Å². The number of benzene rings is 2. The first-order chi connectivity index (χ1) is 16.3. The van der Waals surface area contributed by atoms with Crippen LogP contribution in [-0.4, -0.2) is 39.8 Å².